The quantitative estimate of drug-likeness (QED) is 0.149. The number of allylic oxidation sites excluding steroid dienone is 1. The summed E-state index contributed by atoms with van der Waals surface area (Å²) in [4.78, 5) is 41.6. The van der Waals surface area contributed by atoms with Crippen LogP contribution in [0.4, 0.5) is 4.79 Å². The third kappa shape index (κ3) is 8.96. The second kappa shape index (κ2) is 15.6. The van der Waals surface area contributed by atoms with Crippen molar-refractivity contribution in [3.63, 3.8) is 0 Å². The summed E-state index contributed by atoms with van der Waals surface area (Å²) in [6, 6.07) is 14.8. The van der Waals surface area contributed by atoms with Gasteiger partial charge in [0.15, 0.2) is 9.84 Å². The highest BCUT2D eigenvalue weighted by Crippen LogP contribution is 2.44. The lowest BCUT2D eigenvalue weighted by molar-refractivity contribution is -0.151. The van der Waals surface area contributed by atoms with Gasteiger partial charge in [0.2, 0.25) is 5.91 Å². The molecule has 246 valence electrons. The fourth-order valence-electron chi connectivity index (χ4n) is 5.85. The van der Waals surface area contributed by atoms with E-state index in [2.05, 4.69) is 11.9 Å². The summed E-state index contributed by atoms with van der Waals surface area (Å²) < 4.78 is 37.2. The summed E-state index contributed by atoms with van der Waals surface area (Å²) in [5.41, 5.74) is 1.60. The van der Waals surface area contributed by atoms with Gasteiger partial charge >= 0.3 is 12.1 Å². The van der Waals surface area contributed by atoms with Crippen LogP contribution in [0.25, 0.3) is 11.1 Å². The van der Waals surface area contributed by atoms with Gasteiger partial charge < -0.3 is 19.7 Å². The summed E-state index contributed by atoms with van der Waals surface area (Å²) >= 11 is 0. The molecule has 1 fully saturated rings. The van der Waals surface area contributed by atoms with Gasteiger partial charge in [-0.25, -0.2) is 18.0 Å². The number of esters is 1. The maximum Gasteiger partial charge on any atom is 0.408 e. The molecular formula is C35H48N2O7S. The van der Waals surface area contributed by atoms with Crippen LogP contribution in [0.15, 0.2) is 67.3 Å². The van der Waals surface area contributed by atoms with E-state index >= 15 is 0 Å². The minimum absolute atomic E-state index is 0.119. The Kier molecular flexibility index (Phi) is 12.4. The highest BCUT2D eigenvalue weighted by Gasteiger charge is 2.57. The Morgan fingerprint density at radius 1 is 1.04 bits per heavy atom. The third-order valence-corrected chi connectivity index (χ3v) is 10.7. The Labute approximate surface area is 268 Å². The maximum atomic E-state index is 14.3. The lowest BCUT2D eigenvalue weighted by Gasteiger charge is -2.31. The first kappa shape index (κ1) is 35.8. The van der Waals surface area contributed by atoms with Gasteiger partial charge in [-0.1, -0.05) is 80.4 Å². The minimum Gasteiger partial charge on any atom is -0.467 e. The predicted octanol–water partition coefficient (Wildman–Crippen LogP) is 6.18. The number of likely N-dealkylation sites (tertiary alicyclic amines) is 1. The van der Waals surface area contributed by atoms with Crippen molar-refractivity contribution in [1.29, 1.82) is 0 Å². The number of carbonyl (C=O) groups excluding carboxylic acids is 3. The number of sulfone groups is 1. The van der Waals surface area contributed by atoms with Crippen molar-refractivity contribution in [3.8, 4) is 11.1 Å². The van der Waals surface area contributed by atoms with E-state index in [1.54, 1.807) is 39.8 Å². The second-order valence-electron chi connectivity index (χ2n) is 12.6. The highest BCUT2D eigenvalue weighted by atomic mass is 32.2. The number of methoxy groups -OCH3 is 1. The molecule has 9 nitrogen and oxygen atoms in total. The number of benzene rings is 2. The van der Waals surface area contributed by atoms with E-state index < -0.39 is 50.2 Å². The molecule has 2 amide bonds. The fourth-order valence-corrected chi connectivity index (χ4v) is 8.02. The average Bonchev–Trinajstić information content (AvgIpc) is 3.42. The molecule has 3 rings (SSSR count). The molecule has 1 N–H and O–H groups in total. The van der Waals surface area contributed by atoms with Crippen molar-refractivity contribution in [3.05, 3.63) is 72.8 Å². The first-order chi connectivity index (χ1) is 21.3. The van der Waals surface area contributed by atoms with Crippen molar-refractivity contribution in [2.75, 3.05) is 19.4 Å². The predicted molar refractivity (Wildman–Crippen MR) is 176 cm³/mol. The van der Waals surface area contributed by atoms with E-state index in [0.29, 0.717) is 24.8 Å². The van der Waals surface area contributed by atoms with Crippen LogP contribution in [-0.4, -0.2) is 68.4 Å². The molecule has 1 saturated heterocycles. The largest absolute Gasteiger partial charge is 0.467 e. The van der Waals surface area contributed by atoms with Crippen LogP contribution in [-0.2, 0) is 33.6 Å². The van der Waals surface area contributed by atoms with Crippen LogP contribution in [0.3, 0.4) is 0 Å². The number of alkyl carbamates (subject to hydrolysis) is 1. The normalized spacial score (nSPS) is 19.0. The Morgan fingerprint density at radius 2 is 1.69 bits per heavy atom. The van der Waals surface area contributed by atoms with E-state index in [-0.39, 0.29) is 18.7 Å². The van der Waals surface area contributed by atoms with E-state index in [9.17, 15) is 22.8 Å². The summed E-state index contributed by atoms with van der Waals surface area (Å²) in [6.07, 6.45) is 4.70. The van der Waals surface area contributed by atoms with Crippen LogP contribution < -0.4 is 5.32 Å². The van der Waals surface area contributed by atoms with Gasteiger partial charge in [0.1, 0.15) is 22.4 Å². The molecule has 3 atom stereocenters. The molecule has 10 heteroatoms. The minimum atomic E-state index is -3.87. The smallest absolute Gasteiger partial charge is 0.408 e. The number of hydrogen-bond donors (Lipinski definition) is 1. The van der Waals surface area contributed by atoms with Gasteiger partial charge in [0, 0.05) is 13.0 Å². The second-order valence-corrected chi connectivity index (χ2v) is 15.0. The van der Waals surface area contributed by atoms with E-state index in [1.165, 1.54) is 12.0 Å². The Morgan fingerprint density at radius 3 is 2.27 bits per heavy atom. The lowest BCUT2D eigenvalue weighted by atomic mass is 9.93. The van der Waals surface area contributed by atoms with Crippen LogP contribution in [0.5, 0.6) is 0 Å². The van der Waals surface area contributed by atoms with E-state index in [4.69, 9.17) is 9.47 Å². The van der Waals surface area contributed by atoms with Crippen molar-refractivity contribution in [2.45, 2.75) is 95.1 Å². The van der Waals surface area contributed by atoms with Crippen LogP contribution >= 0.6 is 0 Å². The number of hydrogen-bond acceptors (Lipinski definition) is 7. The monoisotopic (exact) mass is 640 g/mol. The lowest BCUT2D eigenvalue weighted by Crippen LogP contribution is -2.53. The Balaban J connectivity index is 2.04. The van der Waals surface area contributed by atoms with Crippen molar-refractivity contribution in [2.24, 2.45) is 0 Å². The van der Waals surface area contributed by atoms with E-state index in [1.807, 2.05) is 48.5 Å². The maximum absolute atomic E-state index is 14.3. The average molecular weight is 641 g/mol. The van der Waals surface area contributed by atoms with Gasteiger partial charge in [-0.2, -0.15) is 0 Å². The molecule has 0 radical (unpaired) electrons. The SMILES string of the molecule is C=CCCCCC[C@H](NC(=O)OC(C)(C)C)C(=O)N1CC(c2ccc(-c3ccccc3)cc2)(S(=O)(=O)CCC)CC1C(=O)OC. The number of amides is 2. The van der Waals surface area contributed by atoms with Crippen molar-refractivity contribution >= 4 is 27.8 Å². The van der Waals surface area contributed by atoms with Crippen LogP contribution in [0.1, 0.15) is 78.2 Å². The van der Waals surface area contributed by atoms with Crippen LogP contribution in [0, 0.1) is 0 Å². The third-order valence-electron chi connectivity index (χ3n) is 8.06. The molecule has 2 unspecified atom stereocenters. The summed E-state index contributed by atoms with van der Waals surface area (Å²) in [5, 5.41) is 2.70. The molecule has 2 aromatic rings. The molecule has 45 heavy (non-hydrogen) atoms. The standard InChI is InChI=1S/C35H48N2O7S/c1-7-9-10-11-15-18-29(36-33(40)44-34(3,4)5)31(38)37-25-35(45(41,42)23-8-2,24-30(37)32(39)43-6)28-21-19-27(20-22-28)26-16-13-12-14-17-26/h7,12-14,16-17,19-22,29-30H,1,8-11,15,18,23-25H2,2-6H3,(H,36,40)/t29-,30?,35?/m0/s1. The summed E-state index contributed by atoms with van der Waals surface area (Å²) in [6.45, 7) is 10.5. The molecule has 0 spiro atoms. The molecule has 0 bridgehead atoms. The number of nitrogens with one attached hydrogen (secondary N) is 1. The zero-order valence-electron chi connectivity index (χ0n) is 27.2. The van der Waals surface area contributed by atoms with E-state index in [0.717, 1.165) is 30.4 Å². The number of nitrogens with zero attached hydrogens (tertiary/aromatic N) is 1. The molecular weight excluding hydrogens is 592 g/mol. The van der Waals surface area contributed by atoms with Crippen LogP contribution in [0.2, 0.25) is 0 Å². The topological polar surface area (TPSA) is 119 Å². The van der Waals surface area contributed by atoms with Crippen molar-refractivity contribution < 1.29 is 32.3 Å². The van der Waals surface area contributed by atoms with Gasteiger partial charge in [-0.05, 0) is 63.1 Å². The molecule has 0 aromatic heterocycles. The number of unbranched alkanes of at least 4 members (excludes halogenated alkanes) is 3. The van der Waals surface area contributed by atoms with Gasteiger partial charge in [0.05, 0.1) is 12.9 Å². The molecule has 1 aliphatic heterocycles. The molecule has 1 aliphatic rings. The summed E-state index contributed by atoms with van der Waals surface area (Å²) in [5.74, 6) is -1.37. The molecule has 0 saturated carbocycles. The summed E-state index contributed by atoms with van der Waals surface area (Å²) in [7, 11) is -2.65. The molecule has 0 aliphatic carbocycles. The van der Waals surface area contributed by atoms with Crippen molar-refractivity contribution in [1.82, 2.24) is 10.2 Å². The number of carbonyl (C=O) groups is 3. The fraction of sp³-hybridized carbons (Fsp3) is 0.514. The van der Waals surface area contributed by atoms with Gasteiger partial charge in [0.25, 0.3) is 0 Å². The first-order valence-corrected chi connectivity index (χ1v) is 17.3. The zero-order valence-corrected chi connectivity index (χ0v) is 28.0. The number of ether oxygens (including phenoxy) is 2. The van der Waals surface area contributed by atoms with Gasteiger partial charge in [-0.15, -0.1) is 6.58 Å². The van der Waals surface area contributed by atoms with Gasteiger partial charge in [-0.3, -0.25) is 4.79 Å². The first-order valence-electron chi connectivity index (χ1n) is 15.7. The zero-order chi connectivity index (χ0) is 33.3. The number of rotatable bonds is 14. The Bertz CT molecular complexity index is 1420. The Hall–Kier alpha value is -3.66. The molecule has 2 aromatic carbocycles. The molecule has 1 heterocycles. The highest BCUT2D eigenvalue weighted by molar-refractivity contribution is 7.92.